The second-order valence-corrected chi connectivity index (χ2v) is 4.59. The van der Waals surface area contributed by atoms with Gasteiger partial charge in [0.05, 0.1) is 13.2 Å². The van der Waals surface area contributed by atoms with E-state index >= 15 is 0 Å². The lowest BCUT2D eigenvalue weighted by atomic mass is 9.93. The topological polar surface area (TPSA) is 29.5 Å². The smallest absolute Gasteiger partial charge is 0.122 e. The van der Waals surface area contributed by atoms with Gasteiger partial charge in [-0.1, -0.05) is 44.9 Å². The molecule has 2 nitrogen and oxygen atoms in total. The van der Waals surface area contributed by atoms with E-state index in [-0.39, 0.29) is 6.10 Å². The van der Waals surface area contributed by atoms with Crippen LogP contribution in [0.25, 0.3) is 0 Å². The Balaban J connectivity index is 2.58. The number of para-hydroxylation sites is 1. The summed E-state index contributed by atoms with van der Waals surface area (Å²) in [5.41, 5.74) is 1.09. The lowest BCUT2D eigenvalue weighted by molar-refractivity contribution is 0.139. The van der Waals surface area contributed by atoms with Crippen LogP contribution in [-0.2, 0) is 6.42 Å². The first-order valence-electron chi connectivity index (χ1n) is 6.51. The van der Waals surface area contributed by atoms with E-state index in [1.165, 1.54) is 0 Å². The minimum absolute atomic E-state index is 0.267. The van der Waals surface area contributed by atoms with Gasteiger partial charge in [-0.05, 0) is 24.0 Å². The van der Waals surface area contributed by atoms with E-state index in [4.69, 9.17) is 4.74 Å². The largest absolute Gasteiger partial charge is 0.496 e. The van der Waals surface area contributed by atoms with Crippen molar-refractivity contribution in [3.63, 3.8) is 0 Å². The van der Waals surface area contributed by atoms with Crippen molar-refractivity contribution >= 4 is 0 Å². The molecule has 0 aliphatic rings. The Labute approximate surface area is 105 Å². The Kier molecular flexibility index (Phi) is 6.06. The molecular formula is C15H24O2. The van der Waals surface area contributed by atoms with E-state index in [0.717, 1.165) is 30.6 Å². The van der Waals surface area contributed by atoms with Crippen LogP contribution >= 0.6 is 0 Å². The quantitative estimate of drug-likeness (QED) is 0.786. The molecule has 1 rings (SSSR count). The van der Waals surface area contributed by atoms with Crippen molar-refractivity contribution in [2.45, 2.75) is 45.6 Å². The van der Waals surface area contributed by atoms with Crippen LogP contribution in [0.15, 0.2) is 24.3 Å². The predicted octanol–water partition coefficient (Wildman–Crippen LogP) is 3.42. The summed E-state index contributed by atoms with van der Waals surface area (Å²) in [4.78, 5) is 0. The fraction of sp³-hybridized carbons (Fsp3) is 0.600. The SMILES string of the molecule is CCC(CC)CC(O)Cc1ccccc1OC. The molecule has 96 valence electrons. The summed E-state index contributed by atoms with van der Waals surface area (Å²) in [6.45, 7) is 4.37. The van der Waals surface area contributed by atoms with Gasteiger partial charge in [0.1, 0.15) is 5.75 Å². The van der Waals surface area contributed by atoms with Gasteiger partial charge in [-0.3, -0.25) is 0 Å². The maximum atomic E-state index is 10.1. The summed E-state index contributed by atoms with van der Waals surface area (Å²) < 4.78 is 5.29. The molecule has 1 atom stereocenters. The molecule has 0 aliphatic heterocycles. The Morgan fingerprint density at radius 3 is 2.41 bits per heavy atom. The normalized spacial score (nSPS) is 12.8. The number of benzene rings is 1. The molecular weight excluding hydrogens is 212 g/mol. The minimum atomic E-state index is -0.267. The lowest BCUT2D eigenvalue weighted by Crippen LogP contribution is -2.16. The van der Waals surface area contributed by atoms with Crippen molar-refractivity contribution in [1.29, 1.82) is 0 Å². The van der Waals surface area contributed by atoms with Crippen LogP contribution in [0.1, 0.15) is 38.7 Å². The highest BCUT2D eigenvalue weighted by Gasteiger charge is 2.13. The molecule has 0 fully saturated rings. The maximum absolute atomic E-state index is 10.1. The second-order valence-electron chi connectivity index (χ2n) is 4.59. The Morgan fingerprint density at radius 2 is 1.82 bits per heavy atom. The number of rotatable bonds is 7. The molecule has 1 N–H and O–H groups in total. The maximum Gasteiger partial charge on any atom is 0.122 e. The highest BCUT2D eigenvalue weighted by molar-refractivity contribution is 5.33. The fourth-order valence-electron chi connectivity index (χ4n) is 2.22. The van der Waals surface area contributed by atoms with Gasteiger partial charge in [0.15, 0.2) is 0 Å². The zero-order chi connectivity index (χ0) is 12.7. The Bertz CT molecular complexity index is 318. The van der Waals surface area contributed by atoms with Crippen molar-refractivity contribution in [3.05, 3.63) is 29.8 Å². The molecule has 0 saturated carbocycles. The molecule has 0 aromatic heterocycles. The van der Waals surface area contributed by atoms with Crippen LogP contribution in [-0.4, -0.2) is 18.3 Å². The van der Waals surface area contributed by atoms with Gasteiger partial charge < -0.3 is 9.84 Å². The van der Waals surface area contributed by atoms with E-state index in [1.54, 1.807) is 7.11 Å². The number of hydrogen-bond donors (Lipinski definition) is 1. The molecule has 0 amide bonds. The Hall–Kier alpha value is -1.02. The average Bonchev–Trinajstić information content (AvgIpc) is 2.36. The number of aliphatic hydroxyl groups is 1. The first-order chi connectivity index (χ1) is 8.21. The van der Waals surface area contributed by atoms with Crippen LogP contribution in [0.2, 0.25) is 0 Å². The van der Waals surface area contributed by atoms with Crippen LogP contribution in [0.3, 0.4) is 0 Å². The van der Waals surface area contributed by atoms with Crippen molar-refractivity contribution in [1.82, 2.24) is 0 Å². The summed E-state index contributed by atoms with van der Waals surface area (Å²) in [7, 11) is 1.67. The van der Waals surface area contributed by atoms with Crippen molar-refractivity contribution in [3.8, 4) is 5.75 Å². The molecule has 1 aromatic carbocycles. The molecule has 0 heterocycles. The van der Waals surface area contributed by atoms with E-state index < -0.39 is 0 Å². The van der Waals surface area contributed by atoms with Gasteiger partial charge in [0, 0.05) is 6.42 Å². The summed E-state index contributed by atoms with van der Waals surface area (Å²) in [5.74, 6) is 1.50. The zero-order valence-corrected chi connectivity index (χ0v) is 11.1. The van der Waals surface area contributed by atoms with Crippen molar-refractivity contribution in [2.75, 3.05) is 7.11 Å². The lowest BCUT2D eigenvalue weighted by Gasteiger charge is -2.18. The molecule has 0 spiro atoms. The van der Waals surface area contributed by atoms with Gasteiger partial charge in [-0.25, -0.2) is 0 Å². The Morgan fingerprint density at radius 1 is 1.18 bits per heavy atom. The van der Waals surface area contributed by atoms with E-state index in [2.05, 4.69) is 13.8 Å². The third-order valence-corrected chi connectivity index (χ3v) is 3.41. The average molecular weight is 236 g/mol. The molecule has 0 radical (unpaired) electrons. The van der Waals surface area contributed by atoms with E-state index in [9.17, 15) is 5.11 Å². The van der Waals surface area contributed by atoms with E-state index in [0.29, 0.717) is 12.3 Å². The van der Waals surface area contributed by atoms with Gasteiger partial charge in [0.25, 0.3) is 0 Å². The van der Waals surface area contributed by atoms with Crippen molar-refractivity contribution < 1.29 is 9.84 Å². The molecule has 0 bridgehead atoms. The van der Waals surface area contributed by atoms with Crippen LogP contribution in [0.4, 0.5) is 0 Å². The summed E-state index contributed by atoms with van der Waals surface area (Å²) >= 11 is 0. The molecule has 1 unspecified atom stereocenters. The monoisotopic (exact) mass is 236 g/mol. The highest BCUT2D eigenvalue weighted by Crippen LogP contribution is 2.22. The van der Waals surface area contributed by atoms with E-state index in [1.807, 2.05) is 24.3 Å². The number of methoxy groups -OCH3 is 1. The zero-order valence-electron chi connectivity index (χ0n) is 11.1. The molecule has 1 aromatic rings. The molecule has 0 saturated heterocycles. The summed E-state index contributed by atoms with van der Waals surface area (Å²) in [6.07, 6.45) is 3.57. The standard InChI is InChI=1S/C15H24O2/c1-4-12(5-2)10-14(16)11-13-8-6-7-9-15(13)17-3/h6-9,12,14,16H,4-5,10-11H2,1-3H3. The van der Waals surface area contributed by atoms with Crippen molar-refractivity contribution in [2.24, 2.45) is 5.92 Å². The van der Waals surface area contributed by atoms with Gasteiger partial charge >= 0.3 is 0 Å². The summed E-state index contributed by atoms with van der Waals surface area (Å²) in [6, 6.07) is 7.91. The molecule has 17 heavy (non-hydrogen) atoms. The third kappa shape index (κ3) is 4.39. The number of aliphatic hydroxyl groups excluding tert-OH is 1. The summed E-state index contributed by atoms with van der Waals surface area (Å²) in [5, 5.41) is 10.1. The van der Waals surface area contributed by atoms with Gasteiger partial charge in [-0.15, -0.1) is 0 Å². The number of hydrogen-bond acceptors (Lipinski definition) is 2. The minimum Gasteiger partial charge on any atom is -0.496 e. The van der Waals surface area contributed by atoms with Gasteiger partial charge in [-0.2, -0.15) is 0 Å². The molecule has 2 heteroatoms. The first-order valence-corrected chi connectivity index (χ1v) is 6.51. The third-order valence-electron chi connectivity index (χ3n) is 3.41. The first kappa shape index (κ1) is 14.0. The predicted molar refractivity (Wildman–Crippen MR) is 71.4 cm³/mol. The fourth-order valence-corrected chi connectivity index (χ4v) is 2.22. The van der Waals surface area contributed by atoms with Gasteiger partial charge in [0.2, 0.25) is 0 Å². The highest BCUT2D eigenvalue weighted by atomic mass is 16.5. The van der Waals surface area contributed by atoms with Crippen LogP contribution in [0.5, 0.6) is 5.75 Å². The van der Waals surface area contributed by atoms with Crippen LogP contribution < -0.4 is 4.74 Å². The molecule has 0 aliphatic carbocycles. The second kappa shape index (κ2) is 7.33. The number of ether oxygens (including phenoxy) is 1. The van der Waals surface area contributed by atoms with Crippen LogP contribution in [0, 0.1) is 5.92 Å².